The van der Waals surface area contributed by atoms with Crippen LogP contribution in [0.2, 0.25) is 0 Å². The molecule has 29 heavy (non-hydrogen) atoms. The Bertz CT molecular complexity index is 1130. The summed E-state index contributed by atoms with van der Waals surface area (Å²) in [7, 11) is 0. The number of hydrogen-bond acceptors (Lipinski definition) is 4. The van der Waals surface area contributed by atoms with E-state index >= 15 is 0 Å². The number of benzene rings is 3. The number of carbonyl (C=O) groups is 2. The van der Waals surface area contributed by atoms with Gasteiger partial charge < -0.3 is 9.47 Å². The lowest BCUT2D eigenvalue weighted by Gasteiger charge is -2.07. The van der Waals surface area contributed by atoms with Crippen LogP contribution in [0.15, 0.2) is 81.4 Å². The summed E-state index contributed by atoms with van der Waals surface area (Å²) in [6.45, 7) is -0.103. The fourth-order valence-electron chi connectivity index (χ4n) is 2.86. The molecule has 0 bridgehead atoms. The van der Waals surface area contributed by atoms with E-state index in [-0.39, 0.29) is 23.9 Å². The minimum atomic E-state index is -0.187. The van der Waals surface area contributed by atoms with Crippen molar-refractivity contribution < 1.29 is 19.1 Å². The Morgan fingerprint density at radius 3 is 2.52 bits per heavy atom. The Kier molecular flexibility index (Phi) is 5.65. The van der Waals surface area contributed by atoms with Crippen LogP contribution in [-0.2, 0) is 0 Å². The van der Waals surface area contributed by atoms with Crippen LogP contribution in [-0.4, -0.2) is 18.2 Å². The van der Waals surface area contributed by atoms with E-state index in [0.29, 0.717) is 22.6 Å². The van der Waals surface area contributed by atoms with Gasteiger partial charge in [-0.25, -0.2) is 0 Å². The van der Waals surface area contributed by atoms with E-state index in [0.717, 1.165) is 14.5 Å². The first-order chi connectivity index (χ1) is 14.0. The van der Waals surface area contributed by atoms with Crippen molar-refractivity contribution in [2.45, 2.75) is 0 Å². The third-order valence-corrected chi connectivity index (χ3v) is 5.62. The van der Waals surface area contributed by atoms with Crippen LogP contribution < -0.4 is 9.47 Å². The van der Waals surface area contributed by atoms with Gasteiger partial charge in [0.05, 0.1) is 5.56 Å². The Morgan fingerprint density at radius 1 is 1.00 bits per heavy atom. The second-order valence-electron chi connectivity index (χ2n) is 6.34. The van der Waals surface area contributed by atoms with Crippen LogP contribution >= 0.6 is 31.9 Å². The van der Waals surface area contributed by atoms with Gasteiger partial charge in [-0.1, -0.05) is 62.2 Å². The molecule has 0 unspecified atom stereocenters. The predicted octanol–water partition coefficient (Wildman–Crippen LogP) is 6.09. The highest BCUT2D eigenvalue weighted by Gasteiger charge is 2.28. The van der Waals surface area contributed by atoms with Crippen molar-refractivity contribution in [1.82, 2.24) is 0 Å². The number of Topliss-reactive ketones (excluding diaryl/α,β-unsaturated/α-hetero) is 2. The van der Waals surface area contributed by atoms with Crippen molar-refractivity contribution in [2.24, 2.45) is 0 Å². The molecule has 0 radical (unpaired) electrons. The molecule has 144 valence electrons. The number of rotatable bonds is 5. The molecular weight excluding hydrogens is 500 g/mol. The van der Waals surface area contributed by atoms with Gasteiger partial charge in [-0.3, -0.25) is 9.59 Å². The summed E-state index contributed by atoms with van der Waals surface area (Å²) in [6.07, 6.45) is 1.70. The molecule has 1 heterocycles. The van der Waals surface area contributed by atoms with Crippen LogP contribution in [0.25, 0.3) is 6.08 Å². The maximum atomic E-state index is 12.6. The molecule has 1 aliphatic heterocycles. The molecule has 0 aromatic heterocycles. The lowest BCUT2D eigenvalue weighted by molar-refractivity contribution is 0.0921. The number of hydrogen-bond donors (Lipinski definition) is 0. The zero-order valence-corrected chi connectivity index (χ0v) is 18.2. The summed E-state index contributed by atoms with van der Waals surface area (Å²) in [5.41, 5.74) is 1.88. The SMILES string of the molecule is O=C(COc1ccc2c(c1)O/C(=C\c1ccccc1Br)C2=O)c1ccc(Br)cc1. The van der Waals surface area contributed by atoms with Crippen LogP contribution in [0.3, 0.4) is 0 Å². The van der Waals surface area contributed by atoms with E-state index in [1.165, 1.54) is 0 Å². The number of ether oxygens (including phenoxy) is 2. The summed E-state index contributed by atoms with van der Waals surface area (Å²) in [5, 5.41) is 0. The third-order valence-electron chi connectivity index (χ3n) is 4.37. The second-order valence-corrected chi connectivity index (χ2v) is 8.11. The molecule has 4 rings (SSSR count). The van der Waals surface area contributed by atoms with E-state index in [1.54, 1.807) is 48.5 Å². The van der Waals surface area contributed by atoms with E-state index < -0.39 is 0 Å². The van der Waals surface area contributed by atoms with Gasteiger partial charge in [0.25, 0.3) is 0 Å². The van der Waals surface area contributed by atoms with Crippen LogP contribution in [0.4, 0.5) is 0 Å². The number of halogens is 2. The molecule has 0 atom stereocenters. The standard InChI is InChI=1S/C23H14Br2O4/c24-16-7-5-14(6-8-16)20(26)13-28-17-9-10-18-21(12-17)29-22(23(18)27)11-15-3-1-2-4-19(15)25/h1-12H,13H2/b22-11-. The summed E-state index contributed by atoms with van der Waals surface area (Å²) in [6, 6.07) is 19.6. The van der Waals surface area contributed by atoms with E-state index in [1.807, 2.05) is 24.3 Å². The molecule has 4 nitrogen and oxygen atoms in total. The summed E-state index contributed by atoms with van der Waals surface area (Å²) in [5.74, 6) is 0.804. The number of fused-ring (bicyclic) bond motifs is 1. The molecule has 1 aliphatic rings. The molecule has 3 aromatic carbocycles. The Balaban J connectivity index is 1.48. The Morgan fingerprint density at radius 2 is 1.76 bits per heavy atom. The molecule has 0 fully saturated rings. The van der Waals surface area contributed by atoms with Crippen molar-refractivity contribution in [2.75, 3.05) is 6.61 Å². The van der Waals surface area contributed by atoms with Crippen molar-refractivity contribution in [3.8, 4) is 11.5 Å². The fourth-order valence-corrected chi connectivity index (χ4v) is 3.52. The quantitative estimate of drug-likeness (QED) is 0.306. The fraction of sp³-hybridized carbons (Fsp3) is 0.0435. The van der Waals surface area contributed by atoms with Crippen molar-refractivity contribution in [1.29, 1.82) is 0 Å². The zero-order chi connectivity index (χ0) is 20.4. The summed E-state index contributed by atoms with van der Waals surface area (Å²) in [4.78, 5) is 24.9. The highest BCUT2D eigenvalue weighted by atomic mass is 79.9. The number of carbonyl (C=O) groups excluding carboxylic acids is 2. The van der Waals surface area contributed by atoms with Gasteiger partial charge in [0.2, 0.25) is 5.78 Å². The molecule has 0 saturated carbocycles. The molecule has 0 N–H and O–H groups in total. The van der Waals surface area contributed by atoms with Crippen LogP contribution in [0, 0.1) is 0 Å². The average molecular weight is 514 g/mol. The topological polar surface area (TPSA) is 52.6 Å². The smallest absolute Gasteiger partial charge is 0.231 e. The Labute approximate surface area is 184 Å². The molecule has 6 heteroatoms. The number of allylic oxidation sites excluding steroid dienone is 1. The van der Waals surface area contributed by atoms with Crippen LogP contribution in [0.5, 0.6) is 11.5 Å². The molecule has 3 aromatic rings. The highest BCUT2D eigenvalue weighted by molar-refractivity contribution is 9.10. The lowest BCUT2D eigenvalue weighted by Crippen LogP contribution is -2.11. The molecule has 0 saturated heterocycles. The molecule has 0 aliphatic carbocycles. The third kappa shape index (κ3) is 4.33. The second kappa shape index (κ2) is 8.35. The molecule has 0 spiro atoms. The molecular formula is C23H14Br2O4. The monoisotopic (exact) mass is 512 g/mol. The normalized spacial score (nSPS) is 13.9. The highest BCUT2D eigenvalue weighted by Crippen LogP contribution is 2.35. The van der Waals surface area contributed by atoms with Crippen molar-refractivity contribution in [3.63, 3.8) is 0 Å². The van der Waals surface area contributed by atoms with Gasteiger partial charge in [-0.05, 0) is 42.0 Å². The largest absolute Gasteiger partial charge is 0.485 e. The van der Waals surface area contributed by atoms with Gasteiger partial charge >= 0.3 is 0 Å². The van der Waals surface area contributed by atoms with E-state index in [2.05, 4.69) is 31.9 Å². The first-order valence-corrected chi connectivity index (χ1v) is 10.3. The Hall–Kier alpha value is -2.70. The van der Waals surface area contributed by atoms with E-state index in [4.69, 9.17) is 9.47 Å². The predicted molar refractivity (Wildman–Crippen MR) is 117 cm³/mol. The van der Waals surface area contributed by atoms with Crippen molar-refractivity contribution >= 4 is 49.5 Å². The van der Waals surface area contributed by atoms with Crippen LogP contribution in [0.1, 0.15) is 26.3 Å². The van der Waals surface area contributed by atoms with Gasteiger partial charge in [0, 0.05) is 20.6 Å². The van der Waals surface area contributed by atoms with E-state index in [9.17, 15) is 9.59 Å². The number of ketones is 2. The lowest BCUT2D eigenvalue weighted by atomic mass is 10.1. The van der Waals surface area contributed by atoms with Crippen molar-refractivity contribution in [3.05, 3.63) is 98.1 Å². The first-order valence-electron chi connectivity index (χ1n) is 8.75. The summed E-state index contributed by atoms with van der Waals surface area (Å²) < 4.78 is 13.1. The minimum Gasteiger partial charge on any atom is -0.485 e. The maximum Gasteiger partial charge on any atom is 0.231 e. The maximum absolute atomic E-state index is 12.6. The first kappa shape index (κ1) is 19.6. The van der Waals surface area contributed by atoms with Gasteiger partial charge in [-0.2, -0.15) is 0 Å². The minimum absolute atomic E-state index is 0.103. The van der Waals surface area contributed by atoms with Gasteiger partial charge in [0.1, 0.15) is 11.5 Å². The van der Waals surface area contributed by atoms with Gasteiger partial charge in [-0.15, -0.1) is 0 Å². The average Bonchev–Trinajstić information content (AvgIpc) is 3.03. The summed E-state index contributed by atoms with van der Waals surface area (Å²) >= 11 is 6.80. The molecule has 0 amide bonds. The van der Waals surface area contributed by atoms with Gasteiger partial charge in [0.15, 0.2) is 18.1 Å². The zero-order valence-electron chi connectivity index (χ0n) is 15.0.